The zero-order valence-corrected chi connectivity index (χ0v) is 11.5. The van der Waals surface area contributed by atoms with Crippen LogP contribution in [0.15, 0.2) is 11.0 Å². The number of nitrogens with zero attached hydrogens (tertiary/aromatic N) is 2. The van der Waals surface area contributed by atoms with Crippen molar-refractivity contribution in [3.8, 4) is 0 Å². The predicted octanol–water partition coefficient (Wildman–Crippen LogP) is 1.39. The van der Waals surface area contributed by atoms with E-state index in [4.69, 9.17) is 11.6 Å². The number of anilines is 1. The normalized spacial score (nSPS) is 23.9. The minimum Gasteiger partial charge on any atom is -0.369 e. The Labute approximate surface area is 112 Å². The van der Waals surface area contributed by atoms with Crippen molar-refractivity contribution in [2.75, 3.05) is 19.0 Å². The summed E-state index contributed by atoms with van der Waals surface area (Å²) in [5, 5.41) is 9.69. The zero-order valence-electron chi connectivity index (χ0n) is 10.7. The van der Waals surface area contributed by atoms with Gasteiger partial charge < -0.3 is 10.2 Å². The third-order valence-corrected chi connectivity index (χ3v) is 4.18. The van der Waals surface area contributed by atoms with Gasteiger partial charge in [-0.2, -0.15) is 5.10 Å². The Bertz CT molecular complexity index is 454. The first-order valence-electron chi connectivity index (χ1n) is 6.26. The highest BCUT2D eigenvalue weighted by molar-refractivity contribution is 6.32. The molecule has 1 saturated carbocycles. The molecule has 1 fully saturated rings. The van der Waals surface area contributed by atoms with Crippen molar-refractivity contribution < 1.29 is 0 Å². The van der Waals surface area contributed by atoms with Gasteiger partial charge in [0.1, 0.15) is 5.02 Å². The maximum absolute atomic E-state index is 11.4. The van der Waals surface area contributed by atoms with Crippen molar-refractivity contribution >= 4 is 17.3 Å². The van der Waals surface area contributed by atoms with E-state index in [-0.39, 0.29) is 10.6 Å². The number of nitrogens with one attached hydrogen (secondary N) is 2. The molecule has 0 aromatic carbocycles. The lowest BCUT2D eigenvalue weighted by molar-refractivity contribution is 0.351. The summed E-state index contributed by atoms with van der Waals surface area (Å²) in [4.78, 5) is 13.5. The molecule has 100 valence electrons. The van der Waals surface area contributed by atoms with Gasteiger partial charge in [-0.25, -0.2) is 5.10 Å². The van der Waals surface area contributed by atoms with Crippen LogP contribution in [0.25, 0.3) is 0 Å². The highest BCUT2D eigenvalue weighted by Crippen LogP contribution is 2.28. The third kappa shape index (κ3) is 2.67. The van der Waals surface area contributed by atoms with Gasteiger partial charge in [0.2, 0.25) is 0 Å². The maximum Gasteiger partial charge on any atom is 0.285 e. The minimum absolute atomic E-state index is 0.225. The molecule has 6 heteroatoms. The van der Waals surface area contributed by atoms with Crippen LogP contribution in [-0.2, 0) is 0 Å². The topological polar surface area (TPSA) is 61.0 Å². The Balaban J connectivity index is 2.10. The van der Waals surface area contributed by atoms with Crippen molar-refractivity contribution in [1.29, 1.82) is 0 Å². The van der Waals surface area contributed by atoms with Gasteiger partial charge in [-0.05, 0) is 32.7 Å². The molecule has 0 bridgehead atoms. The molecule has 18 heavy (non-hydrogen) atoms. The van der Waals surface area contributed by atoms with Crippen LogP contribution in [0, 0.1) is 0 Å². The van der Waals surface area contributed by atoms with Crippen LogP contribution >= 0.6 is 11.6 Å². The minimum atomic E-state index is -0.329. The Hall–Kier alpha value is -1.07. The molecule has 2 rings (SSSR count). The van der Waals surface area contributed by atoms with Gasteiger partial charge in [0.05, 0.1) is 11.9 Å². The number of hydrogen-bond acceptors (Lipinski definition) is 4. The summed E-state index contributed by atoms with van der Waals surface area (Å²) in [7, 11) is 3.99. The largest absolute Gasteiger partial charge is 0.369 e. The van der Waals surface area contributed by atoms with Crippen molar-refractivity contribution in [1.82, 2.24) is 15.5 Å². The van der Waals surface area contributed by atoms with Gasteiger partial charge >= 0.3 is 0 Å². The molecule has 0 saturated heterocycles. The van der Waals surface area contributed by atoms with Gasteiger partial charge in [-0.3, -0.25) is 4.79 Å². The second-order valence-electron chi connectivity index (χ2n) is 4.80. The van der Waals surface area contributed by atoms with E-state index >= 15 is 0 Å². The lowest BCUT2D eigenvalue weighted by Gasteiger charge is -2.35. The third-order valence-electron chi connectivity index (χ3n) is 3.81. The van der Waals surface area contributed by atoms with Crippen LogP contribution in [0.5, 0.6) is 0 Å². The number of aromatic nitrogens is 2. The molecule has 0 radical (unpaired) electrons. The molecule has 0 unspecified atom stereocenters. The molecule has 0 aliphatic heterocycles. The van der Waals surface area contributed by atoms with Gasteiger partial charge in [0.25, 0.3) is 5.56 Å². The second-order valence-corrected chi connectivity index (χ2v) is 5.18. The molecule has 5 nitrogen and oxygen atoms in total. The van der Waals surface area contributed by atoms with Crippen LogP contribution in [0.4, 0.5) is 5.69 Å². The molecule has 1 aliphatic carbocycles. The monoisotopic (exact) mass is 270 g/mol. The van der Waals surface area contributed by atoms with E-state index in [1.165, 1.54) is 0 Å². The molecular weight excluding hydrogens is 252 g/mol. The van der Waals surface area contributed by atoms with Crippen LogP contribution in [0.1, 0.15) is 25.7 Å². The fourth-order valence-electron chi connectivity index (χ4n) is 2.57. The first-order valence-corrected chi connectivity index (χ1v) is 6.64. The van der Waals surface area contributed by atoms with Gasteiger partial charge in [0, 0.05) is 19.1 Å². The summed E-state index contributed by atoms with van der Waals surface area (Å²) in [5.74, 6) is 0. The molecular formula is C12H19ClN4O. The summed E-state index contributed by atoms with van der Waals surface area (Å²) in [6.45, 7) is 0. The SMILES string of the molecule is CNC1CCC(N(C)c2cn[nH]c(=O)c2Cl)CC1. The fourth-order valence-corrected chi connectivity index (χ4v) is 2.79. The Kier molecular flexibility index (Phi) is 4.24. The summed E-state index contributed by atoms with van der Waals surface area (Å²) in [6, 6.07) is 1.04. The molecule has 0 atom stereocenters. The Morgan fingerprint density at radius 3 is 2.72 bits per heavy atom. The summed E-state index contributed by atoms with van der Waals surface area (Å²) in [5.41, 5.74) is 0.387. The Morgan fingerprint density at radius 2 is 2.11 bits per heavy atom. The first kappa shape index (κ1) is 13.4. The van der Waals surface area contributed by atoms with Crippen molar-refractivity contribution in [2.24, 2.45) is 0 Å². The maximum atomic E-state index is 11.4. The van der Waals surface area contributed by atoms with Crippen molar-refractivity contribution in [3.05, 3.63) is 21.6 Å². The molecule has 1 aliphatic rings. The average Bonchev–Trinajstić information content (AvgIpc) is 2.41. The van der Waals surface area contributed by atoms with Crippen molar-refractivity contribution in [3.63, 3.8) is 0 Å². The zero-order chi connectivity index (χ0) is 13.1. The van der Waals surface area contributed by atoms with Crippen molar-refractivity contribution in [2.45, 2.75) is 37.8 Å². The lowest BCUT2D eigenvalue weighted by atomic mass is 9.90. The van der Waals surface area contributed by atoms with Gasteiger partial charge in [0.15, 0.2) is 0 Å². The predicted molar refractivity (Wildman–Crippen MR) is 73.4 cm³/mol. The highest BCUT2D eigenvalue weighted by atomic mass is 35.5. The van der Waals surface area contributed by atoms with Crippen LogP contribution in [0.2, 0.25) is 5.02 Å². The number of aromatic amines is 1. The van der Waals surface area contributed by atoms with Crippen LogP contribution < -0.4 is 15.8 Å². The number of rotatable bonds is 3. The summed E-state index contributed by atoms with van der Waals surface area (Å²) >= 11 is 6.03. The molecule has 2 N–H and O–H groups in total. The van der Waals surface area contributed by atoms with Gasteiger partial charge in [-0.15, -0.1) is 0 Å². The van der Waals surface area contributed by atoms with Gasteiger partial charge in [-0.1, -0.05) is 11.6 Å². The van der Waals surface area contributed by atoms with E-state index < -0.39 is 0 Å². The first-order chi connectivity index (χ1) is 8.63. The fraction of sp³-hybridized carbons (Fsp3) is 0.667. The molecule has 0 spiro atoms. The quantitative estimate of drug-likeness (QED) is 0.871. The summed E-state index contributed by atoms with van der Waals surface area (Å²) in [6.07, 6.45) is 6.13. The lowest BCUT2D eigenvalue weighted by Crippen LogP contribution is -2.40. The highest BCUT2D eigenvalue weighted by Gasteiger charge is 2.24. The molecule has 0 amide bonds. The number of halogens is 1. The smallest absolute Gasteiger partial charge is 0.285 e. The standard InChI is InChI=1S/C12H19ClN4O/c1-14-8-3-5-9(6-4-8)17(2)10-7-15-16-12(18)11(10)13/h7-9,14H,3-6H2,1-2H3,(H,16,18). The Morgan fingerprint density at radius 1 is 1.44 bits per heavy atom. The molecule has 1 aromatic rings. The van der Waals surface area contributed by atoms with E-state index in [2.05, 4.69) is 20.4 Å². The van der Waals surface area contributed by atoms with E-state index in [1.54, 1.807) is 6.20 Å². The van der Waals surface area contributed by atoms with Crippen LogP contribution in [0.3, 0.4) is 0 Å². The van der Waals surface area contributed by atoms with E-state index in [1.807, 2.05) is 14.1 Å². The number of hydrogen-bond donors (Lipinski definition) is 2. The van der Waals surface area contributed by atoms with E-state index in [0.717, 1.165) is 25.7 Å². The van der Waals surface area contributed by atoms with E-state index in [0.29, 0.717) is 17.8 Å². The second kappa shape index (κ2) is 5.71. The molecule has 1 heterocycles. The van der Waals surface area contributed by atoms with E-state index in [9.17, 15) is 4.79 Å². The average molecular weight is 271 g/mol. The molecule has 1 aromatic heterocycles. The number of H-pyrrole nitrogens is 1. The summed E-state index contributed by atoms with van der Waals surface area (Å²) < 4.78 is 0. The van der Waals surface area contributed by atoms with Crippen LogP contribution in [-0.4, -0.2) is 36.4 Å².